The third-order valence-corrected chi connectivity index (χ3v) is 7.28. The van der Waals surface area contributed by atoms with E-state index in [1.165, 1.54) is 0 Å². The quantitative estimate of drug-likeness (QED) is 0.256. The number of esters is 1. The van der Waals surface area contributed by atoms with E-state index in [1.807, 2.05) is 6.92 Å². The second-order valence-corrected chi connectivity index (χ2v) is 9.33. The van der Waals surface area contributed by atoms with E-state index in [4.69, 9.17) is 9.47 Å². The maximum atomic E-state index is 14.0. The van der Waals surface area contributed by atoms with Gasteiger partial charge in [0.2, 0.25) is 11.8 Å². The van der Waals surface area contributed by atoms with Crippen molar-refractivity contribution in [2.45, 2.75) is 76.2 Å². The zero-order valence-electron chi connectivity index (χ0n) is 19.9. The van der Waals surface area contributed by atoms with Gasteiger partial charge in [-0.25, -0.2) is 0 Å². The average Bonchev–Trinajstić information content (AvgIpc) is 3.43. The lowest BCUT2D eigenvalue weighted by atomic mass is 9.70. The minimum Gasteiger partial charge on any atom is -0.465 e. The van der Waals surface area contributed by atoms with Crippen LogP contribution < -0.4 is 0 Å². The number of hydrogen-bond acceptors (Lipinski definition) is 6. The maximum absolute atomic E-state index is 14.0. The van der Waals surface area contributed by atoms with Gasteiger partial charge in [0, 0.05) is 25.7 Å². The van der Waals surface area contributed by atoms with Crippen LogP contribution in [0.3, 0.4) is 0 Å². The molecule has 8 heteroatoms. The molecule has 0 aromatic heterocycles. The van der Waals surface area contributed by atoms with Crippen LogP contribution in [0, 0.1) is 11.8 Å². The van der Waals surface area contributed by atoms with Crippen molar-refractivity contribution in [2.75, 3.05) is 26.3 Å². The summed E-state index contributed by atoms with van der Waals surface area (Å²) in [5.41, 5.74) is -1.04. The van der Waals surface area contributed by atoms with Gasteiger partial charge in [-0.05, 0) is 39.0 Å². The fourth-order valence-corrected chi connectivity index (χ4v) is 5.88. The molecule has 6 atom stereocenters. The predicted molar refractivity (Wildman–Crippen MR) is 123 cm³/mol. The first-order valence-corrected chi connectivity index (χ1v) is 12.2. The second kappa shape index (κ2) is 10.8. The van der Waals surface area contributed by atoms with Gasteiger partial charge in [0.1, 0.15) is 11.6 Å². The Kier molecular flexibility index (Phi) is 8.34. The zero-order valence-corrected chi connectivity index (χ0v) is 19.9. The van der Waals surface area contributed by atoms with Crippen molar-refractivity contribution in [1.82, 2.24) is 9.80 Å². The van der Waals surface area contributed by atoms with Gasteiger partial charge in [-0.2, -0.15) is 0 Å². The normalized spacial score (nSPS) is 30.8. The minimum absolute atomic E-state index is 0.0241. The number of hydrogen-bond donors (Lipinski definition) is 1. The number of nitrogens with zero attached hydrogens (tertiary/aromatic N) is 2. The lowest BCUT2D eigenvalue weighted by Crippen LogP contribution is -2.58. The molecule has 2 bridgehead atoms. The van der Waals surface area contributed by atoms with Crippen LogP contribution in [0.4, 0.5) is 0 Å². The Morgan fingerprint density at radius 1 is 1.39 bits per heavy atom. The summed E-state index contributed by atoms with van der Waals surface area (Å²) in [4.78, 5) is 43.9. The Morgan fingerprint density at radius 2 is 2.15 bits per heavy atom. The van der Waals surface area contributed by atoms with E-state index in [9.17, 15) is 19.5 Å². The van der Waals surface area contributed by atoms with Crippen molar-refractivity contribution in [3.63, 3.8) is 0 Å². The van der Waals surface area contributed by atoms with Crippen LogP contribution >= 0.6 is 0 Å². The maximum Gasteiger partial charge on any atom is 0.312 e. The van der Waals surface area contributed by atoms with Gasteiger partial charge >= 0.3 is 5.97 Å². The molecule has 8 nitrogen and oxygen atoms in total. The monoisotopic (exact) mass is 462 g/mol. The third kappa shape index (κ3) is 4.47. The largest absolute Gasteiger partial charge is 0.465 e. The first-order chi connectivity index (χ1) is 15.9. The van der Waals surface area contributed by atoms with Gasteiger partial charge in [0.05, 0.1) is 24.5 Å². The Hall–Kier alpha value is -2.19. The molecule has 3 fully saturated rings. The third-order valence-electron chi connectivity index (χ3n) is 7.28. The Morgan fingerprint density at radius 3 is 2.79 bits per heavy atom. The van der Waals surface area contributed by atoms with Crippen molar-refractivity contribution < 1.29 is 29.0 Å². The molecule has 3 rings (SSSR count). The zero-order chi connectivity index (χ0) is 24.2. The number of fused-ring (bicyclic) bond motifs is 1. The molecule has 3 heterocycles. The lowest BCUT2D eigenvalue weighted by molar-refractivity contribution is -0.155. The van der Waals surface area contributed by atoms with Crippen LogP contribution in [0.25, 0.3) is 0 Å². The van der Waals surface area contributed by atoms with Crippen molar-refractivity contribution in [1.29, 1.82) is 0 Å². The topological polar surface area (TPSA) is 96.4 Å². The van der Waals surface area contributed by atoms with E-state index >= 15 is 0 Å². The summed E-state index contributed by atoms with van der Waals surface area (Å²) in [6.45, 7) is 12.2. The highest BCUT2D eigenvalue weighted by atomic mass is 16.6. The molecule has 0 aromatic rings. The molecule has 184 valence electrons. The highest BCUT2D eigenvalue weighted by Gasteiger charge is 2.75. The lowest BCUT2D eigenvalue weighted by Gasteiger charge is -2.38. The summed E-state index contributed by atoms with van der Waals surface area (Å²) in [6.07, 6.45) is 6.72. The molecular formula is C25H38N2O6. The van der Waals surface area contributed by atoms with Crippen molar-refractivity contribution in [2.24, 2.45) is 11.8 Å². The first kappa shape index (κ1) is 25.4. The van der Waals surface area contributed by atoms with E-state index in [0.29, 0.717) is 32.2 Å². The fraction of sp³-hybridized carbons (Fsp3) is 0.720. The Labute approximate surface area is 196 Å². The Bertz CT molecular complexity index is 770. The summed E-state index contributed by atoms with van der Waals surface area (Å²) in [5.74, 6) is -2.33. The van der Waals surface area contributed by atoms with E-state index < -0.39 is 35.6 Å². The van der Waals surface area contributed by atoms with Gasteiger partial charge in [0.25, 0.3) is 0 Å². The van der Waals surface area contributed by atoms with E-state index in [-0.39, 0.29) is 37.6 Å². The molecule has 1 N–H and O–H groups in total. The summed E-state index contributed by atoms with van der Waals surface area (Å²) in [7, 11) is 0. The molecule has 3 saturated heterocycles. The average molecular weight is 463 g/mol. The Balaban J connectivity index is 1.96. The number of aliphatic hydroxyl groups excluding tert-OH is 1. The van der Waals surface area contributed by atoms with Crippen LogP contribution in [-0.2, 0) is 23.9 Å². The summed E-state index contributed by atoms with van der Waals surface area (Å²) >= 11 is 0. The smallest absolute Gasteiger partial charge is 0.312 e. The van der Waals surface area contributed by atoms with Crippen LogP contribution in [-0.4, -0.2) is 82.8 Å². The number of carbonyl (C=O) groups excluding carboxylic acids is 3. The molecule has 33 heavy (non-hydrogen) atoms. The molecular weight excluding hydrogens is 424 g/mol. The second-order valence-electron chi connectivity index (χ2n) is 9.33. The highest BCUT2D eigenvalue weighted by Crippen LogP contribution is 2.58. The van der Waals surface area contributed by atoms with Crippen LogP contribution in [0.2, 0.25) is 0 Å². The van der Waals surface area contributed by atoms with E-state index in [0.717, 1.165) is 12.8 Å². The van der Waals surface area contributed by atoms with Crippen LogP contribution in [0.1, 0.15) is 52.4 Å². The SMILES string of the molecule is C=CCCOC(=O)[C@@H]1[C@H]2C(=O)N(CCCO)C(C(=O)N(CC=C)C(C)CCC)C23CC[C@H]1O3. The van der Waals surface area contributed by atoms with Crippen LogP contribution in [0.5, 0.6) is 0 Å². The first-order valence-electron chi connectivity index (χ1n) is 12.2. The van der Waals surface area contributed by atoms with Gasteiger partial charge in [-0.15, -0.1) is 13.2 Å². The van der Waals surface area contributed by atoms with Gasteiger partial charge in [-0.1, -0.05) is 25.5 Å². The van der Waals surface area contributed by atoms with Crippen LogP contribution in [0.15, 0.2) is 25.3 Å². The van der Waals surface area contributed by atoms with E-state index in [2.05, 4.69) is 20.1 Å². The number of carbonyl (C=O) groups is 3. The number of likely N-dealkylation sites (tertiary alicyclic amines) is 1. The summed E-state index contributed by atoms with van der Waals surface area (Å²) in [6, 6.07) is -0.846. The molecule has 0 radical (unpaired) electrons. The van der Waals surface area contributed by atoms with Crippen molar-refractivity contribution >= 4 is 17.8 Å². The summed E-state index contributed by atoms with van der Waals surface area (Å²) < 4.78 is 11.8. The number of ether oxygens (including phenoxy) is 2. The van der Waals surface area contributed by atoms with Gasteiger partial charge < -0.3 is 24.4 Å². The molecule has 2 amide bonds. The van der Waals surface area contributed by atoms with Gasteiger partial charge in [-0.3, -0.25) is 14.4 Å². The van der Waals surface area contributed by atoms with E-state index in [1.54, 1.807) is 22.0 Å². The highest BCUT2D eigenvalue weighted by molar-refractivity contribution is 5.98. The number of rotatable bonds is 13. The molecule has 3 aliphatic heterocycles. The number of aliphatic hydroxyl groups is 1. The standard InChI is InChI=1S/C25H38N2O6/c1-5-8-16-32-24(31)19-18-11-12-25(33-18)20(19)22(29)27(14-9-15-28)21(25)23(30)26(13-7-3)17(4)10-6-2/h5,7,17-21,28H,1,3,6,8-16H2,2,4H3/t17?,18-,19+,20+,21?,25?/m1/s1. The van der Waals surface area contributed by atoms with Gasteiger partial charge in [0.15, 0.2) is 0 Å². The number of amides is 2. The molecule has 3 aliphatic rings. The molecule has 0 aromatic carbocycles. The molecule has 1 spiro atoms. The van der Waals surface area contributed by atoms with Crippen molar-refractivity contribution in [3.05, 3.63) is 25.3 Å². The molecule has 0 saturated carbocycles. The predicted octanol–water partition coefficient (Wildman–Crippen LogP) is 2.07. The molecule has 0 aliphatic carbocycles. The summed E-state index contributed by atoms with van der Waals surface area (Å²) in [5, 5.41) is 9.42. The minimum atomic E-state index is -1.04. The molecule has 3 unspecified atom stereocenters. The fourth-order valence-electron chi connectivity index (χ4n) is 5.88. The van der Waals surface area contributed by atoms with Crippen molar-refractivity contribution in [3.8, 4) is 0 Å².